The first-order valence-corrected chi connectivity index (χ1v) is 9.72. The fraction of sp³-hybridized carbons (Fsp3) is 0.227. The number of benzene rings is 1. The van der Waals surface area contributed by atoms with Gasteiger partial charge in [0, 0.05) is 38.0 Å². The molecule has 0 fully saturated rings. The van der Waals surface area contributed by atoms with Crippen molar-refractivity contribution in [3.8, 4) is 17.0 Å². The molecule has 1 aromatic carbocycles. The maximum absolute atomic E-state index is 13.8. The number of nitrogens with one attached hydrogen (secondary N) is 1. The van der Waals surface area contributed by atoms with Crippen LogP contribution in [0, 0.1) is 5.82 Å². The molecule has 152 valence electrons. The van der Waals surface area contributed by atoms with E-state index in [1.165, 1.54) is 17.8 Å². The Labute approximate surface area is 172 Å². The molecule has 0 bridgehead atoms. The van der Waals surface area contributed by atoms with E-state index >= 15 is 0 Å². The highest BCUT2D eigenvalue weighted by atomic mass is 19.1. The molecule has 0 aliphatic heterocycles. The lowest BCUT2D eigenvalue weighted by molar-refractivity contribution is 0.474. The molecule has 8 heteroatoms. The van der Waals surface area contributed by atoms with E-state index in [2.05, 4.69) is 15.4 Å². The van der Waals surface area contributed by atoms with Crippen LogP contribution in [0.1, 0.15) is 11.1 Å². The molecule has 1 aliphatic carbocycles. The molecule has 1 aliphatic rings. The Morgan fingerprint density at radius 3 is 2.73 bits per heavy atom. The number of phenols is 1. The molecule has 4 aromatic rings. The molecule has 0 saturated carbocycles. The average Bonchev–Trinajstić information content (AvgIpc) is 3.31. The van der Waals surface area contributed by atoms with Gasteiger partial charge >= 0.3 is 0 Å². The number of pyridine rings is 1. The van der Waals surface area contributed by atoms with Crippen molar-refractivity contribution in [2.75, 3.05) is 24.3 Å². The number of phenolic OH excluding ortho intramolecular Hbond substituents is 1. The number of nitrogens with zero attached hydrogens (tertiary/aromatic N) is 5. The van der Waals surface area contributed by atoms with E-state index in [0.29, 0.717) is 16.9 Å². The molecule has 0 saturated heterocycles. The van der Waals surface area contributed by atoms with Gasteiger partial charge in [-0.1, -0.05) is 6.07 Å². The normalized spacial score (nSPS) is 15.4. The highest BCUT2D eigenvalue weighted by molar-refractivity contribution is 5.74. The minimum Gasteiger partial charge on any atom is -0.508 e. The maximum Gasteiger partial charge on any atom is 0.181 e. The molecule has 0 spiro atoms. The van der Waals surface area contributed by atoms with Gasteiger partial charge in [0.2, 0.25) is 0 Å². The smallest absolute Gasteiger partial charge is 0.181 e. The minimum absolute atomic E-state index is 0.151. The van der Waals surface area contributed by atoms with Gasteiger partial charge in [-0.25, -0.2) is 9.37 Å². The molecular weight excluding hydrogens is 383 g/mol. The lowest BCUT2D eigenvalue weighted by atomic mass is 10.1. The number of anilines is 2. The summed E-state index contributed by atoms with van der Waals surface area (Å²) in [6.07, 6.45) is 6.19. The van der Waals surface area contributed by atoms with Crippen molar-refractivity contribution >= 4 is 17.2 Å². The quantitative estimate of drug-likeness (QED) is 0.544. The minimum atomic E-state index is -0.406. The van der Waals surface area contributed by atoms with Crippen molar-refractivity contribution in [1.29, 1.82) is 0 Å². The molecule has 0 unspecified atom stereocenters. The van der Waals surface area contributed by atoms with Crippen LogP contribution in [0.15, 0.2) is 48.9 Å². The second-order valence-corrected chi connectivity index (χ2v) is 7.78. The van der Waals surface area contributed by atoms with Crippen molar-refractivity contribution in [2.24, 2.45) is 0 Å². The fourth-order valence-electron chi connectivity index (χ4n) is 3.99. The third-order valence-electron chi connectivity index (χ3n) is 5.41. The van der Waals surface area contributed by atoms with Gasteiger partial charge in [-0.05, 0) is 42.2 Å². The Morgan fingerprint density at radius 1 is 1.10 bits per heavy atom. The van der Waals surface area contributed by atoms with Crippen LogP contribution in [0.5, 0.6) is 5.75 Å². The van der Waals surface area contributed by atoms with Gasteiger partial charge in [-0.3, -0.25) is 4.98 Å². The number of hydrogen-bond donors (Lipinski definition) is 2. The SMILES string of the molecule is CN(C)c1cnn2c(N[C@@H]3Cc4ccc(O)cc4C3)cc(-c3cncc(F)c3)nc12. The first-order chi connectivity index (χ1) is 14.5. The van der Waals surface area contributed by atoms with Crippen molar-refractivity contribution in [2.45, 2.75) is 18.9 Å². The third kappa shape index (κ3) is 3.20. The predicted molar refractivity (Wildman–Crippen MR) is 113 cm³/mol. The van der Waals surface area contributed by atoms with E-state index < -0.39 is 5.82 Å². The molecule has 2 N–H and O–H groups in total. The Kier molecular flexibility index (Phi) is 4.27. The molecule has 3 heterocycles. The van der Waals surface area contributed by atoms with Gasteiger partial charge in [0.25, 0.3) is 0 Å². The number of halogens is 1. The Morgan fingerprint density at radius 2 is 1.93 bits per heavy atom. The molecule has 7 nitrogen and oxygen atoms in total. The van der Waals surface area contributed by atoms with Gasteiger partial charge in [-0.2, -0.15) is 9.61 Å². The van der Waals surface area contributed by atoms with E-state index in [1.54, 1.807) is 23.0 Å². The van der Waals surface area contributed by atoms with Crippen LogP contribution in [0.2, 0.25) is 0 Å². The Balaban J connectivity index is 1.57. The summed E-state index contributed by atoms with van der Waals surface area (Å²) in [6, 6.07) is 8.96. The van der Waals surface area contributed by atoms with Crippen LogP contribution >= 0.6 is 0 Å². The molecule has 0 radical (unpaired) electrons. The van der Waals surface area contributed by atoms with Gasteiger partial charge in [0.1, 0.15) is 23.1 Å². The summed E-state index contributed by atoms with van der Waals surface area (Å²) >= 11 is 0. The molecule has 30 heavy (non-hydrogen) atoms. The van der Waals surface area contributed by atoms with Crippen LogP contribution in [0.3, 0.4) is 0 Å². The van der Waals surface area contributed by atoms with Crippen molar-refractivity contribution in [1.82, 2.24) is 19.6 Å². The van der Waals surface area contributed by atoms with Gasteiger partial charge in [-0.15, -0.1) is 0 Å². The molecular formula is C22H21FN6O. The summed E-state index contributed by atoms with van der Waals surface area (Å²) in [4.78, 5) is 10.6. The second-order valence-electron chi connectivity index (χ2n) is 7.78. The average molecular weight is 404 g/mol. The van der Waals surface area contributed by atoms with E-state index in [9.17, 15) is 9.50 Å². The standard InChI is InChI=1S/C22H21FN6O/c1-28(2)20-12-25-29-21(26-17-6-13-3-4-18(30)8-14(13)7-17)9-19(27-22(20)29)15-5-16(23)11-24-10-15/h3-5,8-12,17,26,30H,6-7H2,1-2H3/t17-/m1/s1. The molecule has 0 amide bonds. The molecule has 1 atom stereocenters. The zero-order valence-corrected chi connectivity index (χ0v) is 16.7. The number of fused-ring (bicyclic) bond motifs is 2. The Hall–Kier alpha value is -3.68. The van der Waals surface area contributed by atoms with Crippen molar-refractivity contribution in [3.63, 3.8) is 0 Å². The first-order valence-electron chi connectivity index (χ1n) is 9.72. The van der Waals surface area contributed by atoms with Gasteiger partial charge in [0.05, 0.1) is 18.1 Å². The van der Waals surface area contributed by atoms with Crippen LogP contribution in [0.25, 0.3) is 16.9 Å². The number of rotatable bonds is 4. The van der Waals surface area contributed by atoms with Crippen LogP contribution in [-0.2, 0) is 12.8 Å². The summed E-state index contributed by atoms with van der Waals surface area (Å²) in [6.45, 7) is 0. The zero-order chi connectivity index (χ0) is 20.8. The first kappa shape index (κ1) is 18.4. The second kappa shape index (κ2) is 6.98. The van der Waals surface area contributed by atoms with Crippen LogP contribution in [-0.4, -0.2) is 44.8 Å². The maximum atomic E-state index is 13.8. The lowest BCUT2D eigenvalue weighted by Crippen LogP contribution is -2.21. The topological polar surface area (TPSA) is 78.6 Å². The predicted octanol–water partition coefficient (Wildman–Crippen LogP) is 3.28. The third-order valence-corrected chi connectivity index (χ3v) is 5.41. The number of aromatic nitrogens is 4. The van der Waals surface area contributed by atoms with E-state index in [1.807, 2.05) is 37.2 Å². The molecule has 3 aromatic heterocycles. The van der Waals surface area contributed by atoms with E-state index in [-0.39, 0.29) is 11.8 Å². The van der Waals surface area contributed by atoms with E-state index in [4.69, 9.17) is 4.98 Å². The van der Waals surface area contributed by atoms with Crippen molar-refractivity contribution < 1.29 is 9.50 Å². The summed E-state index contributed by atoms with van der Waals surface area (Å²) in [5.41, 5.74) is 5.13. The summed E-state index contributed by atoms with van der Waals surface area (Å²) in [7, 11) is 3.87. The fourth-order valence-corrected chi connectivity index (χ4v) is 3.99. The van der Waals surface area contributed by atoms with E-state index in [0.717, 1.165) is 29.9 Å². The van der Waals surface area contributed by atoms with Crippen LogP contribution < -0.4 is 10.2 Å². The Bertz CT molecular complexity index is 1250. The van der Waals surface area contributed by atoms with Gasteiger partial charge in [0.15, 0.2) is 5.65 Å². The monoisotopic (exact) mass is 404 g/mol. The molecule has 5 rings (SSSR count). The highest BCUT2D eigenvalue weighted by Crippen LogP contribution is 2.30. The van der Waals surface area contributed by atoms with Crippen LogP contribution in [0.4, 0.5) is 15.9 Å². The largest absolute Gasteiger partial charge is 0.508 e. The van der Waals surface area contributed by atoms with Gasteiger partial charge < -0.3 is 15.3 Å². The summed E-state index contributed by atoms with van der Waals surface area (Å²) in [5.74, 6) is 0.648. The van der Waals surface area contributed by atoms with Crippen molar-refractivity contribution in [3.05, 3.63) is 65.9 Å². The zero-order valence-electron chi connectivity index (χ0n) is 16.7. The lowest BCUT2D eigenvalue weighted by Gasteiger charge is -2.17. The summed E-state index contributed by atoms with van der Waals surface area (Å²) in [5, 5.41) is 17.9. The summed E-state index contributed by atoms with van der Waals surface area (Å²) < 4.78 is 15.5. The number of hydrogen-bond acceptors (Lipinski definition) is 6. The number of aromatic hydroxyl groups is 1. The highest BCUT2D eigenvalue weighted by Gasteiger charge is 2.23.